The molecule has 1 heterocycles. The lowest BCUT2D eigenvalue weighted by Crippen LogP contribution is -2.24. The van der Waals surface area contributed by atoms with Gasteiger partial charge < -0.3 is 0 Å². The predicted molar refractivity (Wildman–Crippen MR) is 71.8 cm³/mol. The van der Waals surface area contributed by atoms with Crippen molar-refractivity contribution in [1.29, 1.82) is 0 Å². The lowest BCUT2D eigenvalue weighted by Gasteiger charge is -2.16. The maximum absolute atomic E-state index is 11.3. The standard InChI is InChI=1S/C12H17NO2S2/c1-2-17(14,15)13-9-10-5-6-12-11(8-10)4-3-7-16-12/h5-6,8,13H,2-4,7,9H2,1H3. The molecule has 17 heavy (non-hydrogen) atoms. The first kappa shape index (κ1) is 12.9. The number of nitrogens with one attached hydrogen (secondary N) is 1. The summed E-state index contributed by atoms with van der Waals surface area (Å²) in [6.45, 7) is 2.04. The molecule has 0 radical (unpaired) electrons. The lowest BCUT2D eigenvalue weighted by molar-refractivity contribution is 0.582. The number of sulfonamides is 1. The molecule has 1 N–H and O–H groups in total. The summed E-state index contributed by atoms with van der Waals surface area (Å²) in [5.41, 5.74) is 2.40. The van der Waals surface area contributed by atoms with Gasteiger partial charge in [-0.3, -0.25) is 0 Å². The zero-order valence-corrected chi connectivity index (χ0v) is 11.5. The van der Waals surface area contributed by atoms with E-state index in [-0.39, 0.29) is 5.75 Å². The summed E-state index contributed by atoms with van der Waals surface area (Å²) in [6, 6.07) is 6.24. The van der Waals surface area contributed by atoms with E-state index in [4.69, 9.17) is 0 Å². The maximum atomic E-state index is 11.3. The van der Waals surface area contributed by atoms with Crippen LogP contribution in [0.15, 0.2) is 23.1 Å². The van der Waals surface area contributed by atoms with E-state index in [0.29, 0.717) is 6.54 Å². The number of hydrogen-bond acceptors (Lipinski definition) is 3. The zero-order valence-electron chi connectivity index (χ0n) is 9.90. The number of rotatable bonds is 4. The molecule has 0 spiro atoms. The monoisotopic (exact) mass is 271 g/mol. The minimum Gasteiger partial charge on any atom is -0.212 e. The molecule has 1 aliphatic heterocycles. The predicted octanol–water partition coefficient (Wildman–Crippen LogP) is 2.16. The van der Waals surface area contributed by atoms with Crippen LogP contribution in [0, 0.1) is 0 Å². The molecule has 0 bridgehead atoms. The Hall–Kier alpha value is -0.520. The molecule has 0 aliphatic carbocycles. The van der Waals surface area contributed by atoms with E-state index in [1.807, 2.05) is 17.8 Å². The van der Waals surface area contributed by atoms with Gasteiger partial charge in [0, 0.05) is 11.4 Å². The van der Waals surface area contributed by atoms with Crippen molar-refractivity contribution in [3.05, 3.63) is 29.3 Å². The van der Waals surface area contributed by atoms with E-state index in [1.165, 1.54) is 22.6 Å². The van der Waals surface area contributed by atoms with Gasteiger partial charge in [0.2, 0.25) is 10.0 Å². The molecule has 0 aromatic heterocycles. The van der Waals surface area contributed by atoms with Crippen LogP contribution in [0.25, 0.3) is 0 Å². The molecule has 0 saturated heterocycles. The first-order valence-corrected chi connectivity index (χ1v) is 8.46. The lowest BCUT2D eigenvalue weighted by atomic mass is 10.1. The van der Waals surface area contributed by atoms with Crippen molar-refractivity contribution >= 4 is 21.8 Å². The van der Waals surface area contributed by atoms with Crippen LogP contribution in [0.4, 0.5) is 0 Å². The van der Waals surface area contributed by atoms with Gasteiger partial charge in [0.1, 0.15) is 0 Å². The van der Waals surface area contributed by atoms with Crippen LogP contribution in [0.5, 0.6) is 0 Å². The summed E-state index contributed by atoms with van der Waals surface area (Å²) in [7, 11) is -3.09. The van der Waals surface area contributed by atoms with E-state index in [2.05, 4.69) is 16.9 Å². The van der Waals surface area contributed by atoms with Crippen molar-refractivity contribution < 1.29 is 8.42 Å². The fourth-order valence-electron chi connectivity index (χ4n) is 1.82. The van der Waals surface area contributed by atoms with Crippen molar-refractivity contribution in [3.63, 3.8) is 0 Å². The molecule has 1 aromatic rings. The van der Waals surface area contributed by atoms with Gasteiger partial charge in [0.05, 0.1) is 5.75 Å². The second kappa shape index (κ2) is 5.42. The number of aryl methyl sites for hydroxylation is 1. The van der Waals surface area contributed by atoms with Crippen LogP contribution in [-0.4, -0.2) is 19.9 Å². The molecule has 5 heteroatoms. The van der Waals surface area contributed by atoms with Crippen LogP contribution in [-0.2, 0) is 23.0 Å². The van der Waals surface area contributed by atoms with E-state index in [1.54, 1.807) is 6.92 Å². The molecule has 2 rings (SSSR count). The van der Waals surface area contributed by atoms with Crippen LogP contribution in [0.1, 0.15) is 24.5 Å². The summed E-state index contributed by atoms with van der Waals surface area (Å²) in [4.78, 5) is 1.35. The summed E-state index contributed by atoms with van der Waals surface area (Å²) in [5.74, 6) is 1.32. The Labute approximate surface area is 107 Å². The Morgan fingerprint density at radius 1 is 1.41 bits per heavy atom. The summed E-state index contributed by atoms with van der Waals surface area (Å²) < 4.78 is 25.3. The van der Waals surface area contributed by atoms with E-state index >= 15 is 0 Å². The van der Waals surface area contributed by atoms with Crippen LogP contribution in [0.3, 0.4) is 0 Å². The molecule has 0 saturated carbocycles. The molecule has 94 valence electrons. The Balaban J connectivity index is 2.07. The van der Waals surface area contributed by atoms with Gasteiger partial charge in [-0.2, -0.15) is 0 Å². The highest BCUT2D eigenvalue weighted by Crippen LogP contribution is 2.30. The number of thioether (sulfide) groups is 1. The highest BCUT2D eigenvalue weighted by atomic mass is 32.2. The van der Waals surface area contributed by atoms with Gasteiger partial charge >= 0.3 is 0 Å². The average molecular weight is 271 g/mol. The summed E-state index contributed by atoms with van der Waals surface area (Å²) in [5, 5.41) is 0. The van der Waals surface area contributed by atoms with Gasteiger partial charge in [0.15, 0.2) is 0 Å². The zero-order chi connectivity index (χ0) is 12.3. The third kappa shape index (κ3) is 3.47. The van der Waals surface area contributed by atoms with E-state index in [0.717, 1.165) is 12.0 Å². The van der Waals surface area contributed by atoms with Crippen molar-refractivity contribution in [2.24, 2.45) is 0 Å². The highest BCUT2D eigenvalue weighted by Gasteiger charge is 2.11. The minimum atomic E-state index is -3.09. The molecule has 1 aliphatic rings. The van der Waals surface area contributed by atoms with Gasteiger partial charge in [-0.25, -0.2) is 13.1 Å². The normalized spacial score (nSPS) is 15.6. The first-order valence-electron chi connectivity index (χ1n) is 5.82. The number of hydrogen-bond donors (Lipinski definition) is 1. The number of fused-ring (bicyclic) bond motifs is 1. The maximum Gasteiger partial charge on any atom is 0.211 e. The Morgan fingerprint density at radius 2 is 2.24 bits per heavy atom. The first-order chi connectivity index (χ1) is 8.11. The average Bonchev–Trinajstić information content (AvgIpc) is 2.36. The third-order valence-corrected chi connectivity index (χ3v) is 5.40. The SMILES string of the molecule is CCS(=O)(=O)NCc1ccc2c(c1)CCCS2. The molecule has 0 unspecified atom stereocenters. The number of benzene rings is 1. The van der Waals surface area contributed by atoms with Gasteiger partial charge in [-0.15, -0.1) is 11.8 Å². The minimum absolute atomic E-state index is 0.133. The topological polar surface area (TPSA) is 46.2 Å². The summed E-state index contributed by atoms with van der Waals surface area (Å²) >= 11 is 1.89. The molecule has 1 aromatic carbocycles. The molecule has 3 nitrogen and oxygen atoms in total. The Kier molecular flexibility index (Phi) is 4.12. The van der Waals surface area contributed by atoms with E-state index in [9.17, 15) is 8.42 Å². The van der Waals surface area contributed by atoms with Crippen LogP contribution < -0.4 is 4.72 Å². The Bertz CT molecular complexity index is 497. The highest BCUT2D eigenvalue weighted by molar-refractivity contribution is 7.99. The quantitative estimate of drug-likeness (QED) is 0.913. The van der Waals surface area contributed by atoms with Gasteiger partial charge in [-0.05, 0) is 42.7 Å². The van der Waals surface area contributed by atoms with Crippen molar-refractivity contribution in [1.82, 2.24) is 4.72 Å². The third-order valence-electron chi connectivity index (χ3n) is 2.85. The van der Waals surface area contributed by atoms with Gasteiger partial charge in [-0.1, -0.05) is 12.1 Å². The van der Waals surface area contributed by atoms with Crippen molar-refractivity contribution in [3.8, 4) is 0 Å². The largest absolute Gasteiger partial charge is 0.212 e. The molecule has 0 fully saturated rings. The second-order valence-corrected chi connectivity index (χ2v) is 7.35. The van der Waals surface area contributed by atoms with Crippen LogP contribution in [0.2, 0.25) is 0 Å². The van der Waals surface area contributed by atoms with Crippen molar-refractivity contribution in [2.45, 2.75) is 31.2 Å². The summed E-state index contributed by atoms with van der Waals surface area (Å²) in [6.07, 6.45) is 2.32. The van der Waals surface area contributed by atoms with Gasteiger partial charge in [0.25, 0.3) is 0 Å². The van der Waals surface area contributed by atoms with Crippen LogP contribution >= 0.6 is 11.8 Å². The fraction of sp³-hybridized carbons (Fsp3) is 0.500. The molecule has 0 atom stereocenters. The van der Waals surface area contributed by atoms with E-state index < -0.39 is 10.0 Å². The van der Waals surface area contributed by atoms with Crippen molar-refractivity contribution in [2.75, 3.05) is 11.5 Å². The molecular weight excluding hydrogens is 254 g/mol. The smallest absolute Gasteiger partial charge is 0.211 e. The molecule has 0 amide bonds. The second-order valence-electron chi connectivity index (χ2n) is 4.12. The fourth-order valence-corrected chi connectivity index (χ4v) is 3.43. The molecular formula is C12H17NO2S2. The Morgan fingerprint density at radius 3 is 3.00 bits per heavy atom.